The summed E-state index contributed by atoms with van der Waals surface area (Å²) in [6.07, 6.45) is 3.15. The average molecular weight is 522 g/mol. The highest BCUT2D eigenvalue weighted by atomic mass is 127. The number of hydrogen-bond acceptors (Lipinski definition) is 5. The lowest BCUT2D eigenvalue weighted by atomic mass is 10.2. The summed E-state index contributed by atoms with van der Waals surface area (Å²) in [5.41, 5.74) is 2.11. The molecule has 2 aromatic carbocycles. The first-order valence-corrected chi connectivity index (χ1v) is 9.37. The molecule has 0 radical (unpaired) electrons. The van der Waals surface area contributed by atoms with Crippen LogP contribution in [0.3, 0.4) is 0 Å². The minimum Gasteiger partial charge on any atom is -0.497 e. The molecule has 160 valence electrons. The Morgan fingerprint density at radius 1 is 1.13 bits per heavy atom. The number of aromatic nitrogens is 3. The van der Waals surface area contributed by atoms with Crippen molar-refractivity contribution in [3.8, 4) is 17.2 Å². The molecule has 1 unspecified atom stereocenters. The van der Waals surface area contributed by atoms with Crippen molar-refractivity contribution < 1.29 is 9.47 Å². The van der Waals surface area contributed by atoms with Crippen LogP contribution in [0.25, 0.3) is 5.69 Å². The van der Waals surface area contributed by atoms with E-state index in [2.05, 4.69) is 25.7 Å². The maximum Gasteiger partial charge on any atom is 0.191 e. The normalized spacial score (nSPS) is 11.9. The zero-order chi connectivity index (χ0) is 20.5. The van der Waals surface area contributed by atoms with E-state index in [1.807, 2.05) is 55.5 Å². The lowest BCUT2D eigenvalue weighted by Crippen LogP contribution is -2.41. The van der Waals surface area contributed by atoms with Crippen LogP contribution in [0.15, 0.2) is 66.2 Å². The molecule has 1 atom stereocenters. The van der Waals surface area contributed by atoms with Crippen molar-refractivity contribution in [3.63, 3.8) is 0 Å². The lowest BCUT2D eigenvalue weighted by molar-refractivity contribution is 0.223. The van der Waals surface area contributed by atoms with Gasteiger partial charge in [0.05, 0.1) is 19.3 Å². The molecule has 0 aliphatic heterocycles. The quantitative estimate of drug-likeness (QED) is 0.269. The standard InChI is InChI=1S/C21H26N6O2.HI/c1-16(29-20-6-4-5-19(11-20)28-3)12-24-21(22-2)25-13-17-7-9-18(10-8-17)27-15-23-14-26-27;/h4-11,14-16H,12-13H2,1-3H3,(H2,22,24,25);1H. The topological polar surface area (TPSA) is 85.6 Å². The summed E-state index contributed by atoms with van der Waals surface area (Å²) in [6, 6.07) is 15.7. The number of nitrogens with zero attached hydrogens (tertiary/aromatic N) is 4. The van der Waals surface area contributed by atoms with Gasteiger partial charge in [0.15, 0.2) is 5.96 Å². The van der Waals surface area contributed by atoms with Gasteiger partial charge in [-0.2, -0.15) is 5.10 Å². The molecule has 2 N–H and O–H groups in total. The molecule has 0 spiro atoms. The molecule has 0 saturated carbocycles. The SMILES string of the molecule is CN=C(NCc1ccc(-n2cncn2)cc1)NCC(C)Oc1cccc(OC)c1.I. The van der Waals surface area contributed by atoms with Gasteiger partial charge < -0.3 is 20.1 Å². The second kappa shape index (κ2) is 12.0. The minimum absolute atomic E-state index is 0. The van der Waals surface area contributed by atoms with Crippen molar-refractivity contribution in [2.45, 2.75) is 19.6 Å². The van der Waals surface area contributed by atoms with Crippen LogP contribution >= 0.6 is 24.0 Å². The maximum atomic E-state index is 5.92. The predicted molar refractivity (Wildman–Crippen MR) is 128 cm³/mol. The first kappa shape index (κ1) is 23.5. The van der Waals surface area contributed by atoms with Crippen molar-refractivity contribution in [3.05, 3.63) is 66.7 Å². The number of guanidine groups is 1. The highest BCUT2D eigenvalue weighted by molar-refractivity contribution is 14.0. The highest BCUT2D eigenvalue weighted by Gasteiger charge is 2.07. The van der Waals surface area contributed by atoms with Crippen LogP contribution in [-0.4, -0.2) is 47.5 Å². The van der Waals surface area contributed by atoms with E-state index in [0.29, 0.717) is 19.0 Å². The van der Waals surface area contributed by atoms with Crippen LogP contribution in [-0.2, 0) is 6.54 Å². The second-order valence-electron chi connectivity index (χ2n) is 6.42. The Balaban J connectivity index is 0.00000320. The molecular formula is C21H27IN6O2. The van der Waals surface area contributed by atoms with Crippen molar-refractivity contribution in [2.75, 3.05) is 20.7 Å². The largest absolute Gasteiger partial charge is 0.497 e. The van der Waals surface area contributed by atoms with Gasteiger partial charge in [-0.15, -0.1) is 24.0 Å². The molecule has 8 nitrogen and oxygen atoms in total. The average Bonchev–Trinajstić information content (AvgIpc) is 3.29. The molecule has 0 fully saturated rings. The Bertz CT molecular complexity index is 916. The molecule has 3 rings (SSSR count). The van der Waals surface area contributed by atoms with Gasteiger partial charge in [0.25, 0.3) is 0 Å². The first-order chi connectivity index (χ1) is 14.2. The lowest BCUT2D eigenvalue weighted by Gasteiger charge is -2.18. The van der Waals surface area contributed by atoms with E-state index < -0.39 is 0 Å². The molecule has 30 heavy (non-hydrogen) atoms. The molecule has 9 heteroatoms. The fourth-order valence-corrected chi connectivity index (χ4v) is 2.70. The van der Waals surface area contributed by atoms with E-state index in [-0.39, 0.29) is 30.1 Å². The maximum absolute atomic E-state index is 5.92. The Kier molecular flexibility index (Phi) is 9.39. The van der Waals surface area contributed by atoms with Gasteiger partial charge in [0.1, 0.15) is 30.3 Å². The fraction of sp³-hybridized carbons (Fsp3) is 0.286. The fourth-order valence-electron chi connectivity index (χ4n) is 2.70. The predicted octanol–water partition coefficient (Wildman–Crippen LogP) is 3.03. The van der Waals surface area contributed by atoms with Gasteiger partial charge in [-0.1, -0.05) is 18.2 Å². The van der Waals surface area contributed by atoms with Gasteiger partial charge in [-0.05, 0) is 36.8 Å². The van der Waals surface area contributed by atoms with Gasteiger partial charge in [0, 0.05) is 19.7 Å². The molecule has 0 aliphatic carbocycles. The van der Waals surface area contributed by atoms with E-state index in [1.54, 1.807) is 25.2 Å². The molecular weight excluding hydrogens is 495 g/mol. The van der Waals surface area contributed by atoms with Crippen molar-refractivity contribution in [1.29, 1.82) is 0 Å². The summed E-state index contributed by atoms with van der Waals surface area (Å²) in [4.78, 5) is 8.22. The van der Waals surface area contributed by atoms with E-state index >= 15 is 0 Å². The highest BCUT2D eigenvalue weighted by Crippen LogP contribution is 2.19. The molecule has 0 amide bonds. The summed E-state index contributed by atoms with van der Waals surface area (Å²) < 4.78 is 12.9. The number of nitrogens with one attached hydrogen (secondary N) is 2. The summed E-state index contributed by atoms with van der Waals surface area (Å²) in [7, 11) is 3.39. The summed E-state index contributed by atoms with van der Waals surface area (Å²) in [6.45, 7) is 3.27. The third kappa shape index (κ3) is 6.90. The van der Waals surface area contributed by atoms with Crippen LogP contribution < -0.4 is 20.1 Å². The number of methoxy groups -OCH3 is 1. The second-order valence-corrected chi connectivity index (χ2v) is 6.42. The summed E-state index contributed by atoms with van der Waals surface area (Å²) >= 11 is 0. The van der Waals surface area contributed by atoms with Crippen LogP contribution in [0.1, 0.15) is 12.5 Å². The Labute approximate surface area is 193 Å². The smallest absolute Gasteiger partial charge is 0.191 e. The monoisotopic (exact) mass is 522 g/mol. The molecule has 1 aromatic heterocycles. The molecule has 0 bridgehead atoms. The summed E-state index contributed by atoms with van der Waals surface area (Å²) in [5.74, 6) is 2.26. The van der Waals surface area contributed by atoms with Crippen LogP contribution in [0, 0.1) is 0 Å². The number of rotatable bonds is 8. The Morgan fingerprint density at radius 2 is 1.90 bits per heavy atom. The number of ether oxygens (including phenoxy) is 2. The summed E-state index contributed by atoms with van der Waals surface area (Å²) in [5, 5.41) is 10.7. The number of benzene rings is 2. The zero-order valence-electron chi connectivity index (χ0n) is 17.3. The number of hydrogen-bond donors (Lipinski definition) is 2. The zero-order valence-corrected chi connectivity index (χ0v) is 19.6. The molecule has 0 saturated heterocycles. The number of halogens is 1. The number of aliphatic imine (C=N–C) groups is 1. The van der Waals surface area contributed by atoms with Crippen LogP contribution in [0.4, 0.5) is 0 Å². The van der Waals surface area contributed by atoms with Crippen molar-refractivity contribution in [1.82, 2.24) is 25.4 Å². The van der Waals surface area contributed by atoms with Crippen LogP contribution in [0.5, 0.6) is 11.5 Å². The minimum atomic E-state index is -0.0392. The Morgan fingerprint density at radius 3 is 2.57 bits per heavy atom. The van der Waals surface area contributed by atoms with E-state index in [4.69, 9.17) is 9.47 Å². The first-order valence-electron chi connectivity index (χ1n) is 9.37. The van der Waals surface area contributed by atoms with Gasteiger partial charge in [-0.25, -0.2) is 9.67 Å². The van der Waals surface area contributed by atoms with E-state index in [0.717, 1.165) is 22.7 Å². The molecule has 3 aromatic rings. The third-order valence-corrected chi connectivity index (χ3v) is 4.24. The molecule has 1 heterocycles. The van der Waals surface area contributed by atoms with Crippen molar-refractivity contribution in [2.24, 2.45) is 4.99 Å². The van der Waals surface area contributed by atoms with Crippen LogP contribution in [0.2, 0.25) is 0 Å². The van der Waals surface area contributed by atoms with Gasteiger partial charge >= 0.3 is 0 Å². The van der Waals surface area contributed by atoms with E-state index in [9.17, 15) is 0 Å². The van der Waals surface area contributed by atoms with E-state index in [1.165, 1.54) is 6.33 Å². The molecule has 0 aliphatic rings. The van der Waals surface area contributed by atoms with Gasteiger partial charge in [-0.3, -0.25) is 4.99 Å². The third-order valence-electron chi connectivity index (χ3n) is 4.24. The Hall–Kier alpha value is -2.82. The van der Waals surface area contributed by atoms with Crippen molar-refractivity contribution >= 4 is 29.9 Å². The van der Waals surface area contributed by atoms with Gasteiger partial charge in [0.2, 0.25) is 0 Å².